The van der Waals surface area contributed by atoms with E-state index in [0.717, 1.165) is 19.3 Å². The molecule has 0 heterocycles. The molecule has 1 rings (SSSR count). The smallest absolute Gasteiger partial charge is 0.167 e. The minimum atomic E-state index is -0.524. The predicted molar refractivity (Wildman–Crippen MR) is 57.3 cm³/mol. The summed E-state index contributed by atoms with van der Waals surface area (Å²) in [5.41, 5.74) is -0.524. The monoisotopic (exact) mass is 198 g/mol. The molecule has 1 atom stereocenters. The zero-order valence-electron chi connectivity index (χ0n) is 9.64. The fourth-order valence-electron chi connectivity index (χ4n) is 2.29. The van der Waals surface area contributed by atoms with Gasteiger partial charge in [0.05, 0.1) is 0 Å². The van der Waals surface area contributed by atoms with Gasteiger partial charge in [-0.3, -0.25) is 4.79 Å². The van der Waals surface area contributed by atoms with Crippen LogP contribution >= 0.6 is 0 Å². The summed E-state index contributed by atoms with van der Waals surface area (Å²) >= 11 is 0. The van der Waals surface area contributed by atoms with E-state index in [1.54, 1.807) is 0 Å². The second-order valence-corrected chi connectivity index (χ2v) is 4.36. The highest BCUT2D eigenvalue weighted by Crippen LogP contribution is 2.31. The molecule has 1 aliphatic carbocycles. The van der Waals surface area contributed by atoms with Crippen LogP contribution in [0.2, 0.25) is 0 Å². The molecule has 0 saturated heterocycles. The number of hydrogen-bond donors (Lipinski definition) is 0. The van der Waals surface area contributed by atoms with Gasteiger partial charge in [0, 0.05) is 12.5 Å². The third-order valence-corrected chi connectivity index (χ3v) is 3.38. The van der Waals surface area contributed by atoms with Crippen molar-refractivity contribution in [2.75, 3.05) is 6.61 Å². The van der Waals surface area contributed by atoms with Crippen LogP contribution < -0.4 is 0 Å². The zero-order chi connectivity index (χ0) is 10.6. The van der Waals surface area contributed by atoms with Crippen LogP contribution in [0, 0.1) is 5.92 Å². The quantitative estimate of drug-likeness (QED) is 0.679. The van der Waals surface area contributed by atoms with Gasteiger partial charge >= 0.3 is 0 Å². The number of ether oxygens (including phenoxy) is 1. The summed E-state index contributed by atoms with van der Waals surface area (Å²) in [4.78, 5) is 12.2. The molecular weight excluding hydrogens is 176 g/mol. The molecule has 0 radical (unpaired) electrons. The van der Waals surface area contributed by atoms with E-state index in [1.165, 1.54) is 12.8 Å². The molecule has 1 fully saturated rings. The molecule has 1 saturated carbocycles. The third kappa shape index (κ3) is 2.35. The van der Waals surface area contributed by atoms with Gasteiger partial charge in [0.25, 0.3) is 0 Å². The van der Waals surface area contributed by atoms with Gasteiger partial charge in [-0.15, -0.1) is 0 Å². The van der Waals surface area contributed by atoms with Crippen LogP contribution in [0.3, 0.4) is 0 Å². The number of rotatable bonds is 5. The Kier molecular flexibility index (Phi) is 4.11. The molecule has 0 amide bonds. The molecule has 14 heavy (non-hydrogen) atoms. The maximum Gasteiger partial charge on any atom is 0.167 e. The van der Waals surface area contributed by atoms with Gasteiger partial charge < -0.3 is 4.74 Å². The molecule has 2 nitrogen and oxygen atoms in total. The summed E-state index contributed by atoms with van der Waals surface area (Å²) in [5, 5.41) is 0. The standard InChI is InChI=1S/C12H22O2/c1-4-12(3,14-5-2)11(13)10-8-6-7-9-10/h10H,4-9H2,1-3H3. The Hall–Kier alpha value is -0.370. The molecule has 2 heteroatoms. The van der Waals surface area contributed by atoms with E-state index >= 15 is 0 Å². The highest BCUT2D eigenvalue weighted by Gasteiger charge is 2.37. The molecular formula is C12H22O2. The van der Waals surface area contributed by atoms with Gasteiger partial charge in [-0.2, -0.15) is 0 Å². The largest absolute Gasteiger partial charge is 0.368 e. The van der Waals surface area contributed by atoms with Crippen molar-refractivity contribution in [1.82, 2.24) is 0 Å². The van der Waals surface area contributed by atoms with Crippen molar-refractivity contribution in [3.63, 3.8) is 0 Å². The zero-order valence-corrected chi connectivity index (χ0v) is 9.64. The number of Topliss-reactive ketones (excluding diaryl/α,β-unsaturated/α-hetero) is 1. The van der Waals surface area contributed by atoms with E-state index in [1.807, 2.05) is 20.8 Å². The van der Waals surface area contributed by atoms with E-state index in [2.05, 4.69) is 0 Å². The van der Waals surface area contributed by atoms with Crippen LogP contribution in [0.5, 0.6) is 0 Å². The van der Waals surface area contributed by atoms with Gasteiger partial charge in [0.1, 0.15) is 5.60 Å². The Morgan fingerprint density at radius 1 is 1.36 bits per heavy atom. The van der Waals surface area contributed by atoms with Gasteiger partial charge in [0.2, 0.25) is 0 Å². The summed E-state index contributed by atoms with van der Waals surface area (Å²) in [7, 11) is 0. The van der Waals surface area contributed by atoms with Crippen molar-refractivity contribution < 1.29 is 9.53 Å². The van der Waals surface area contributed by atoms with Crippen LogP contribution in [0.1, 0.15) is 52.9 Å². The first-order chi connectivity index (χ1) is 6.64. The van der Waals surface area contributed by atoms with Crippen LogP contribution in [0.25, 0.3) is 0 Å². The first kappa shape index (κ1) is 11.7. The Balaban J connectivity index is 2.62. The molecule has 1 aliphatic rings. The van der Waals surface area contributed by atoms with Crippen molar-refractivity contribution in [1.29, 1.82) is 0 Å². The van der Waals surface area contributed by atoms with Crippen molar-refractivity contribution in [3.8, 4) is 0 Å². The molecule has 0 aliphatic heterocycles. The molecule has 0 aromatic heterocycles. The molecule has 82 valence electrons. The van der Waals surface area contributed by atoms with E-state index in [9.17, 15) is 4.79 Å². The first-order valence-electron chi connectivity index (χ1n) is 5.82. The summed E-state index contributed by atoms with van der Waals surface area (Å²) < 4.78 is 5.60. The first-order valence-corrected chi connectivity index (χ1v) is 5.82. The molecule has 0 bridgehead atoms. The van der Waals surface area contributed by atoms with Crippen molar-refractivity contribution in [2.24, 2.45) is 5.92 Å². The van der Waals surface area contributed by atoms with Crippen LogP contribution in [0.15, 0.2) is 0 Å². The highest BCUT2D eigenvalue weighted by molar-refractivity contribution is 5.89. The van der Waals surface area contributed by atoms with Crippen LogP contribution in [-0.4, -0.2) is 18.0 Å². The van der Waals surface area contributed by atoms with Crippen LogP contribution in [0.4, 0.5) is 0 Å². The topological polar surface area (TPSA) is 26.3 Å². The average Bonchev–Trinajstić information content (AvgIpc) is 2.69. The lowest BCUT2D eigenvalue weighted by atomic mass is 9.87. The van der Waals surface area contributed by atoms with Crippen molar-refractivity contribution in [2.45, 2.75) is 58.5 Å². The van der Waals surface area contributed by atoms with Gasteiger partial charge in [0.15, 0.2) is 5.78 Å². The summed E-state index contributed by atoms with van der Waals surface area (Å²) in [6, 6.07) is 0. The Labute approximate surface area is 87.0 Å². The minimum Gasteiger partial charge on any atom is -0.368 e. The molecule has 0 spiro atoms. The number of ketones is 1. The fourth-order valence-corrected chi connectivity index (χ4v) is 2.29. The predicted octanol–water partition coefficient (Wildman–Crippen LogP) is 2.95. The molecule has 0 N–H and O–H groups in total. The lowest BCUT2D eigenvalue weighted by Crippen LogP contribution is -2.41. The Morgan fingerprint density at radius 3 is 2.36 bits per heavy atom. The normalized spacial score (nSPS) is 22.2. The third-order valence-electron chi connectivity index (χ3n) is 3.38. The molecule has 0 aromatic rings. The SMILES string of the molecule is CCOC(C)(CC)C(=O)C1CCCC1. The van der Waals surface area contributed by atoms with E-state index in [-0.39, 0.29) is 5.92 Å². The maximum atomic E-state index is 12.2. The number of carbonyl (C=O) groups excluding carboxylic acids is 1. The fraction of sp³-hybridized carbons (Fsp3) is 0.917. The lowest BCUT2D eigenvalue weighted by Gasteiger charge is -2.29. The Bertz CT molecular complexity index is 194. The lowest BCUT2D eigenvalue weighted by molar-refractivity contribution is -0.146. The number of hydrogen-bond acceptors (Lipinski definition) is 2. The maximum absolute atomic E-state index is 12.2. The second kappa shape index (κ2) is 4.92. The summed E-state index contributed by atoms with van der Waals surface area (Å²) in [6.45, 7) is 6.55. The van der Waals surface area contributed by atoms with Gasteiger partial charge in [-0.05, 0) is 33.1 Å². The van der Waals surface area contributed by atoms with Crippen molar-refractivity contribution >= 4 is 5.78 Å². The Morgan fingerprint density at radius 2 is 1.93 bits per heavy atom. The molecule has 0 aromatic carbocycles. The van der Waals surface area contributed by atoms with Crippen molar-refractivity contribution in [3.05, 3.63) is 0 Å². The highest BCUT2D eigenvalue weighted by atomic mass is 16.5. The van der Waals surface area contributed by atoms with E-state index < -0.39 is 5.60 Å². The van der Waals surface area contributed by atoms with Gasteiger partial charge in [-0.1, -0.05) is 19.8 Å². The van der Waals surface area contributed by atoms with Crippen LogP contribution in [-0.2, 0) is 9.53 Å². The average molecular weight is 198 g/mol. The number of carbonyl (C=O) groups is 1. The minimum absolute atomic E-state index is 0.270. The summed E-state index contributed by atoms with van der Waals surface area (Å²) in [5.74, 6) is 0.603. The van der Waals surface area contributed by atoms with E-state index in [0.29, 0.717) is 12.4 Å². The van der Waals surface area contributed by atoms with Gasteiger partial charge in [-0.25, -0.2) is 0 Å². The summed E-state index contributed by atoms with van der Waals surface area (Å²) in [6.07, 6.45) is 5.35. The second-order valence-electron chi connectivity index (χ2n) is 4.36. The molecule has 1 unspecified atom stereocenters. The van der Waals surface area contributed by atoms with E-state index in [4.69, 9.17) is 4.74 Å².